The maximum atomic E-state index is 5.48. The first kappa shape index (κ1) is 15.0. The lowest BCUT2D eigenvalue weighted by Crippen LogP contribution is -1.90. The lowest BCUT2D eigenvalue weighted by atomic mass is 10.8. The molecular weight excluding hydrogens is 255 g/mol. The van der Waals surface area contributed by atoms with Gasteiger partial charge in [0.05, 0.1) is 13.2 Å². The van der Waals surface area contributed by atoms with Gasteiger partial charge in [0.25, 0.3) is 5.69 Å². The number of hydrogen-bond acceptors (Lipinski definition) is 5. The fraction of sp³-hybridized carbons (Fsp3) is 0.750. The van der Waals surface area contributed by atoms with Crippen molar-refractivity contribution >= 4 is 40.6 Å². The van der Waals surface area contributed by atoms with E-state index in [4.69, 9.17) is 20.9 Å². The summed E-state index contributed by atoms with van der Waals surface area (Å²) in [7, 11) is 0. The van der Waals surface area contributed by atoms with Crippen molar-refractivity contribution in [2.24, 2.45) is 0 Å². The summed E-state index contributed by atoms with van der Waals surface area (Å²) < 4.78 is 11.0. The molecule has 0 saturated heterocycles. The van der Waals surface area contributed by atoms with Gasteiger partial charge in [-0.2, -0.15) is 0 Å². The van der Waals surface area contributed by atoms with Crippen LogP contribution in [0.1, 0.15) is 20.8 Å². The fourth-order valence-electron chi connectivity index (χ4n) is 0.601. The lowest BCUT2D eigenvalue weighted by Gasteiger charge is -2.18. The molecule has 0 fully saturated rings. The number of hydrogen-bond donors (Lipinski definition) is 0. The van der Waals surface area contributed by atoms with Crippen molar-refractivity contribution in [2.75, 3.05) is 19.5 Å². The molecule has 0 rings (SSSR count). The van der Waals surface area contributed by atoms with Crippen LogP contribution < -0.4 is 0 Å². The second-order valence-electron chi connectivity index (χ2n) is 2.32. The van der Waals surface area contributed by atoms with Crippen LogP contribution in [0.5, 0.6) is 0 Å². The predicted octanol–water partition coefficient (Wildman–Crippen LogP) is 4.24. The molecule has 84 valence electrons. The van der Waals surface area contributed by atoms with Crippen molar-refractivity contribution in [3.63, 3.8) is 0 Å². The van der Waals surface area contributed by atoms with Crippen molar-refractivity contribution in [3.05, 3.63) is 10.3 Å². The van der Waals surface area contributed by atoms with Crippen LogP contribution in [0.3, 0.4) is 0 Å². The number of allylic oxidation sites excluding steroid dienone is 1. The SMILES string of the molecule is CCOP(=S)(OCC)S/C=C(\C)SC. The summed E-state index contributed by atoms with van der Waals surface area (Å²) in [6.45, 7) is 7.14. The maximum absolute atomic E-state index is 5.48. The normalized spacial score (nSPS) is 13.3. The molecule has 0 atom stereocenters. The van der Waals surface area contributed by atoms with Crippen LogP contribution in [0.4, 0.5) is 0 Å². The van der Waals surface area contributed by atoms with E-state index >= 15 is 0 Å². The highest BCUT2D eigenvalue weighted by Crippen LogP contribution is 2.61. The largest absolute Gasteiger partial charge is 0.322 e. The standard InChI is InChI=1S/C8H17O2PS3/c1-5-9-11(12,10-6-2)14-7-8(3)13-4/h7H,5-6H2,1-4H3/b8-7+. The van der Waals surface area contributed by atoms with Gasteiger partial charge in [-0.3, -0.25) is 0 Å². The summed E-state index contributed by atoms with van der Waals surface area (Å²) >= 11 is 8.55. The summed E-state index contributed by atoms with van der Waals surface area (Å²) in [6.07, 6.45) is 2.04. The van der Waals surface area contributed by atoms with E-state index in [0.29, 0.717) is 13.2 Å². The zero-order chi connectivity index (χ0) is 11.0. The smallest absolute Gasteiger partial charge is 0.251 e. The van der Waals surface area contributed by atoms with Gasteiger partial charge in [0, 0.05) is 0 Å². The van der Waals surface area contributed by atoms with E-state index in [1.165, 1.54) is 16.3 Å². The molecule has 0 aliphatic rings. The van der Waals surface area contributed by atoms with Crippen molar-refractivity contribution in [1.82, 2.24) is 0 Å². The molecule has 0 N–H and O–H groups in total. The van der Waals surface area contributed by atoms with Crippen LogP contribution in [0.25, 0.3) is 0 Å². The molecule has 0 aromatic heterocycles. The van der Waals surface area contributed by atoms with E-state index in [2.05, 4.69) is 6.92 Å². The Morgan fingerprint density at radius 1 is 1.36 bits per heavy atom. The Morgan fingerprint density at radius 3 is 2.21 bits per heavy atom. The minimum Gasteiger partial charge on any atom is -0.322 e. The van der Waals surface area contributed by atoms with E-state index in [1.807, 2.05) is 25.5 Å². The van der Waals surface area contributed by atoms with Gasteiger partial charge in [0.1, 0.15) is 0 Å². The van der Waals surface area contributed by atoms with E-state index < -0.39 is 5.69 Å². The fourth-order valence-corrected chi connectivity index (χ4v) is 5.33. The Morgan fingerprint density at radius 2 is 1.86 bits per heavy atom. The molecule has 0 aliphatic carbocycles. The molecule has 0 radical (unpaired) electrons. The molecule has 0 unspecified atom stereocenters. The van der Waals surface area contributed by atoms with Gasteiger partial charge in [-0.15, -0.1) is 11.8 Å². The van der Waals surface area contributed by atoms with Crippen LogP contribution >= 0.6 is 28.8 Å². The molecule has 0 aromatic carbocycles. The second-order valence-corrected chi connectivity index (χ2v) is 9.44. The van der Waals surface area contributed by atoms with Gasteiger partial charge in [-0.05, 0) is 60.5 Å². The molecule has 0 aliphatic heterocycles. The predicted molar refractivity (Wildman–Crippen MR) is 72.4 cm³/mol. The quantitative estimate of drug-likeness (QED) is 0.643. The van der Waals surface area contributed by atoms with Gasteiger partial charge in [-0.1, -0.05) is 0 Å². The zero-order valence-corrected chi connectivity index (χ0v) is 12.3. The first-order valence-electron chi connectivity index (χ1n) is 4.36. The molecule has 0 bridgehead atoms. The van der Waals surface area contributed by atoms with Crippen LogP contribution in [-0.2, 0) is 20.9 Å². The molecule has 0 aromatic rings. The number of thioether (sulfide) groups is 1. The molecular formula is C8H17O2PS3. The Labute approximate surface area is 100 Å². The molecule has 2 nitrogen and oxygen atoms in total. The molecule has 14 heavy (non-hydrogen) atoms. The third kappa shape index (κ3) is 6.49. The average molecular weight is 272 g/mol. The van der Waals surface area contributed by atoms with Gasteiger partial charge >= 0.3 is 0 Å². The lowest BCUT2D eigenvalue weighted by molar-refractivity contribution is 0.281. The minimum atomic E-state index is -2.13. The van der Waals surface area contributed by atoms with Gasteiger partial charge < -0.3 is 9.05 Å². The highest BCUT2D eigenvalue weighted by atomic mass is 32.9. The first-order chi connectivity index (χ1) is 6.58. The Kier molecular flexibility index (Phi) is 8.79. The summed E-state index contributed by atoms with van der Waals surface area (Å²) in [6, 6.07) is 0. The van der Waals surface area contributed by atoms with Crippen LogP contribution in [0, 0.1) is 0 Å². The van der Waals surface area contributed by atoms with Gasteiger partial charge in [0.2, 0.25) is 0 Å². The van der Waals surface area contributed by atoms with Gasteiger partial charge in [0.15, 0.2) is 0 Å². The zero-order valence-electron chi connectivity index (χ0n) is 8.98. The van der Waals surface area contributed by atoms with Crippen molar-refractivity contribution in [2.45, 2.75) is 20.8 Å². The summed E-state index contributed by atoms with van der Waals surface area (Å²) in [5, 5.41) is 2.02. The minimum absolute atomic E-state index is 0.608. The molecule has 0 amide bonds. The second kappa shape index (κ2) is 8.20. The number of rotatable bonds is 7. The Hall–Kier alpha value is 1.01. The topological polar surface area (TPSA) is 18.5 Å². The summed E-state index contributed by atoms with van der Waals surface area (Å²) in [4.78, 5) is 1.23. The highest BCUT2D eigenvalue weighted by molar-refractivity contribution is 8.69. The van der Waals surface area contributed by atoms with Crippen molar-refractivity contribution in [1.29, 1.82) is 0 Å². The average Bonchev–Trinajstić information content (AvgIpc) is 2.15. The summed E-state index contributed by atoms with van der Waals surface area (Å²) in [5.74, 6) is 0. The van der Waals surface area contributed by atoms with Gasteiger partial charge in [-0.25, -0.2) is 0 Å². The van der Waals surface area contributed by atoms with Crippen molar-refractivity contribution < 1.29 is 9.05 Å². The first-order valence-corrected chi connectivity index (χ1v) is 9.71. The molecule has 0 spiro atoms. The van der Waals surface area contributed by atoms with E-state index in [9.17, 15) is 0 Å². The van der Waals surface area contributed by atoms with E-state index in [1.54, 1.807) is 11.8 Å². The monoisotopic (exact) mass is 272 g/mol. The third-order valence-corrected chi connectivity index (χ3v) is 7.15. The highest BCUT2D eigenvalue weighted by Gasteiger charge is 2.17. The molecule has 6 heteroatoms. The van der Waals surface area contributed by atoms with Crippen LogP contribution in [-0.4, -0.2) is 19.5 Å². The van der Waals surface area contributed by atoms with Crippen LogP contribution in [0.15, 0.2) is 10.3 Å². The van der Waals surface area contributed by atoms with E-state index in [-0.39, 0.29) is 0 Å². The third-order valence-electron chi connectivity index (χ3n) is 1.24. The maximum Gasteiger partial charge on any atom is 0.251 e. The van der Waals surface area contributed by atoms with E-state index in [0.717, 1.165) is 0 Å². The molecule has 0 heterocycles. The summed E-state index contributed by atoms with van der Waals surface area (Å²) in [5.41, 5.74) is -2.13. The Balaban J connectivity index is 4.29. The molecule has 0 saturated carbocycles. The Bertz CT molecular complexity index is 221. The van der Waals surface area contributed by atoms with Crippen LogP contribution in [0.2, 0.25) is 0 Å². The van der Waals surface area contributed by atoms with Crippen molar-refractivity contribution in [3.8, 4) is 0 Å².